The van der Waals surface area contributed by atoms with Gasteiger partial charge in [-0.3, -0.25) is 9.59 Å². The van der Waals surface area contributed by atoms with Gasteiger partial charge >= 0.3 is 5.97 Å². The maximum absolute atomic E-state index is 11.9. The van der Waals surface area contributed by atoms with Crippen molar-refractivity contribution in [3.8, 4) is 11.5 Å². The standard InChI is InChI=1S/C20H31NO5/c1-2-26-19(24)11-9-7-5-3-4-6-8-10-14-21-20(25)17-15-16(22)12-13-18(17)23/h12-13,15,22-23H,2-11,14H2,1H3,(H,21,25). The van der Waals surface area contributed by atoms with E-state index in [1.165, 1.54) is 18.2 Å². The number of hydrogen-bond acceptors (Lipinski definition) is 5. The molecule has 1 aromatic carbocycles. The second-order valence-electron chi connectivity index (χ2n) is 6.34. The second-order valence-corrected chi connectivity index (χ2v) is 6.34. The number of hydrogen-bond donors (Lipinski definition) is 3. The summed E-state index contributed by atoms with van der Waals surface area (Å²) in [5, 5.41) is 21.7. The molecule has 0 saturated heterocycles. The summed E-state index contributed by atoms with van der Waals surface area (Å²) in [6.45, 7) is 2.82. The summed E-state index contributed by atoms with van der Waals surface area (Å²) in [6.07, 6.45) is 8.95. The van der Waals surface area contributed by atoms with Gasteiger partial charge in [0.1, 0.15) is 11.5 Å². The van der Waals surface area contributed by atoms with Crippen molar-refractivity contribution in [1.29, 1.82) is 0 Å². The van der Waals surface area contributed by atoms with Crippen LogP contribution < -0.4 is 5.32 Å². The average molecular weight is 365 g/mol. The molecule has 0 fully saturated rings. The molecule has 0 aliphatic carbocycles. The maximum atomic E-state index is 11.9. The lowest BCUT2D eigenvalue weighted by Gasteiger charge is -2.07. The molecule has 0 aliphatic heterocycles. The van der Waals surface area contributed by atoms with Crippen LogP contribution in [-0.4, -0.2) is 35.2 Å². The van der Waals surface area contributed by atoms with Crippen molar-refractivity contribution in [3.63, 3.8) is 0 Å². The quantitative estimate of drug-likeness (QED) is 0.280. The van der Waals surface area contributed by atoms with E-state index in [1.54, 1.807) is 0 Å². The van der Waals surface area contributed by atoms with Gasteiger partial charge in [0.25, 0.3) is 5.91 Å². The normalized spacial score (nSPS) is 10.5. The first-order valence-electron chi connectivity index (χ1n) is 9.50. The van der Waals surface area contributed by atoms with Crippen molar-refractivity contribution in [2.24, 2.45) is 0 Å². The van der Waals surface area contributed by atoms with Crippen LogP contribution in [0.4, 0.5) is 0 Å². The van der Waals surface area contributed by atoms with E-state index < -0.39 is 0 Å². The van der Waals surface area contributed by atoms with Gasteiger partial charge in [-0.2, -0.15) is 0 Å². The Morgan fingerprint density at radius 3 is 2.23 bits per heavy atom. The summed E-state index contributed by atoms with van der Waals surface area (Å²) in [4.78, 5) is 23.1. The third kappa shape index (κ3) is 9.30. The SMILES string of the molecule is CCOC(=O)CCCCCCCCCCNC(=O)c1cc(O)ccc1O. The minimum atomic E-state index is -0.375. The molecule has 0 bridgehead atoms. The van der Waals surface area contributed by atoms with Gasteiger partial charge in [-0.05, 0) is 38.0 Å². The largest absolute Gasteiger partial charge is 0.508 e. The number of aromatic hydroxyl groups is 2. The molecule has 0 unspecified atom stereocenters. The van der Waals surface area contributed by atoms with Gasteiger partial charge in [-0.25, -0.2) is 0 Å². The van der Waals surface area contributed by atoms with Crippen LogP contribution in [0.3, 0.4) is 0 Å². The predicted molar refractivity (Wildman–Crippen MR) is 100 cm³/mol. The Morgan fingerprint density at radius 1 is 0.962 bits per heavy atom. The van der Waals surface area contributed by atoms with Crippen molar-refractivity contribution in [2.45, 2.75) is 64.7 Å². The van der Waals surface area contributed by atoms with Gasteiger partial charge in [0.05, 0.1) is 12.2 Å². The van der Waals surface area contributed by atoms with Crippen LogP contribution in [0.25, 0.3) is 0 Å². The Bertz CT molecular complexity index is 559. The second kappa shape index (κ2) is 13.0. The first-order chi connectivity index (χ1) is 12.5. The fourth-order valence-electron chi connectivity index (χ4n) is 2.69. The Balaban J connectivity index is 1.97. The zero-order valence-electron chi connectivity index (χ0n) is 15.6. The first-order valence-corrected chi connectivity index (χ1v) is 9.50. The van der Waals surface area contributed by atoms with Gasteiger partial charge in [0, 0.05) is 13.0 Å². The number of carbonyl (C=O) groups excluding carboxylic acids is 2. The Kier molecular flexibility index (Phi) is 10.9. The molecule has 0 aromatic heterocycles. The van der Waals surface area contributed by atoms with Crippen LogP contribution in [0, 0.1) is 0 Å². The molecule has 0 saturated carbocycles. The monoisotopic (exact) mass is 365 g/mol. The minimum absolute atomic E-state index is 0.0461. The fraction of sp³-hybridized carbons (Fsp3) is 0.600. The van der Waals surface area contributed by atoms with Crippen LogP contribution in [-0.2, 0) is 9.53 Å². The Morgan fingerprint density at radius 2 is 1.58 bits per heavy atom. The van der Waals surface area contributed by atoms with Gasteiger partial charge in [0.2, 0.25) is 0 Å². The molecule has 0 radical (unpaired) electrons. The lowest BCUT2D eigenvalue weighted by Crippen LogP contribution is -2.24. The lowest BCUT2D eigenvalue weighted by molar-refractivity contribution is -0.143. The highest BCUT2D eigenvalue weighted by Gasteiger charge is 2.11. The number of amides is 1. The molecule has 6 heteroatoms. The number of carbonyl (C=O) groups is 2. The molecule has 3 N–H and O–H groups in total. The van der Waals surface area contributed by atoms with E-state index in [-0.39, 0.29) is 28.9 Å². The van der Waals surface area contributed by atoms with Crippen LogP contribution in [0.2, 0.25) is 0 Å². The Hall–Kier alpha value is -2.24. The topological polar surface area (TPSA) is 95.9 Å². The highest BCUT2D eigenvalue weighted by molar-refractivity contribution is 5.97. The van der Waals surface area contributed by atoms with Crippen molar-refractivity contribution < 1.29 is 24.5 Å². The Labute approximate surface area is 155 Å². The van der Waals surface area contributed by atoms with Gasteiger partial charge in [-0.15, -0.1) is 0 Å². The molecule has 1 aromatic rings. The number of phenols is 2. The van der Waals surface area contributed by atoms with E-state index in [0.717, 1.165) is 51.4 Å². The van der Waals surface area contributed by atoms with Crippen molar-refractivity contribution in [1.82, 2.24) is 5.32 Å². The molecule has 0 atom stereocenters. The number of unbranched alkanes of at least 4 members (excludes halogenated alkanes) is 7. The number of rotatable bonds is 13. The van der Waals surface area contributed by atoms with Crippen LogP contribution in [0.15, 0.2) is 18.2 Å². The molecular weight excluding hydrogens is 334 g/mol. The lowest BCUT2D eigenvalue weighted by atomic mass is 10.1. The summed E-state index contributed by atoms with van der Waals surface area (Å²) in [5.41, 5.74) is 0.0906. The van der Waals surface area contributed by atoms with E-state index in [1.807, 2.05) is 6.92 Å². The third-order valence-electron chi connectivity index (χ3n) is 4.12. The summed E-state index contributed by atoms with van der Waals surface area (Å²) in [5.74, 6) is -0.660. The van der Waals surface area contributed by atoms with E-state index in [2.05, 4.69) is 5.32 Å². The first kappa shape index (κ1) is 21.8. The predicted octanol–water partition coefficient (Wildman–Crippen LogP) is 3.90. The zero-order valence-corrected chi connectivity index (χ0v) is 15.6. The minimum Gasteiger partial charge on any atom is -0.508 e. The summed E-state index contributed by atoms with van der Waals surface area (Å²) < 4.78 is 4.89. The molecular formula is C20H31NO5. The zero-order chi connectivity index (χ0) is 19.2. The number of nitrogens with one attached hydrogen (secondary N) is 1. The smallest absolute Gasteiger partial charge is 0.305 e. The molecule has 0 spiro atoms. The number of phenolic OH excluding ortho intramolecular Hbond substituents is 2. The highest BCUT2D eigenvalue weighted by Crippen LogP contribution is 2.21. The average Bonchev–Trinajstić information content (AvgIpc) is 2.61. The van der Waals surface area contributed by atoms with Crippen molar-refractivity contribution in [2.75, 3.05) is 13.2 Å². The van der Waals surface area contributed by atoms with E-state index in [4.69, 9.17) is 4.74 Å². The number of esters is 1. The van der Waals surface area contributed by atoms with E-state index >= 15 is 0 Å². The highest BCUT2D eigenvalue weighted by atomic mass is 16.5. The number of ether oxygens (including phenoxy) is 1. The third-order valence-corrected chi connectivity index (χ3v) is 4.12. The van der Waals surface area contributed by atoms with E-state index in [9.17, 15) is 19.8 Å². The van der Waals surface area contributed by atoms with Gasteiger partial charge in [0.15, 0.2) is 0 Å². The molecule has 1 amide bonds. The molecule has 0 heterocycles. The molecule has 0 aliphatic rings. The van der Waals surface area contributed by atoms with Crippen LogP contribution in [0.1, 0.15) is 75.1 Å². The summed E-state index contributed by atoms with van der Waals surface area (Å²) in [7, 11) is 0. The van der Waals surface area contributed by atoms with Crippen molar-refractivity contribution >= 4 is 11.9 Å². The van der Waals surface area contributed by atoms with Crippen LogP contribution in [0.5, 0.6) is 11.5 Å². The maximum Gasteiger partial charge on any atom is 0.305 e. The number of benzene rings is 1. The molecule has 6 nitrogen and oxygen atoms in total. The van der Waals surface area contributed by atoms with Gasteiger partial charge < -0.3 is 20.3 Å². The molecule has 1 rings (SSSR count). The van der Waals surface area contributed by atoms with Gasteiger partial charge in [-0.1, -0.05) is 38.5 Å². The molecule has 146 valence electrons. The van der Waals surface area contributed by atoms with Crippen LogP contribution >= 0.6 is 0 Å². The summed E-state index contributed by atoms with van der Waals surface area (Å²) >= 11 is 0. The summed E-state index contributed by atoms with van der Waals surface area (Å²) in [6, 6.07) is 3.90. The fourth-order valence-corrected chi connectivity index (χ4v) is 2.69. The van der Waals surface area contributed by atoms with E-state index in [0.29, 0.717) is 19.6 Å². The molecule has 26 heavy (non-hydrogen) atoms. The van der Waals surface area contributed by atoms with Crippen molar-refractivity contribution in [3.05, 3.63) is 23.8 Å².